The Morgan fingerprint density at radius 2 is 2.06 bits per heavy atom. The second-order valence-electron chi connectivity index (χ2n) is 3.74. The van der Waals surface area contributed by atoms with Gasteiger partial charge in [-0.2, -0.15) is 0 Å². The maximum Gasteiger partial charge on any atom is 0.324 e. The summed E-state index contributed by atoms with van der Waals surface area (Å²) in [5.74, 6) is -0.742. The molecule has 0 fully saturated rings. The smallest absolute Gasteiger partial charge is 0.324 e. The van der Waals surface area contributed by atoms with E-state index in [0.717, 1.165) is 0 Å². The number of carboxylic acid groups (broad SMARTS) is 1. The summed E-state index contributed by atoms with van der Waals surface area (Å²) in [7, 11) is 0. The van der Waals surface area contributed by atoms with Gasteiger partial charge >= 0.3 is 12.0 Å². The van der Waals surface area contributed by atoms with Crippen LogP contribution in [-0.4, -0.2) is 44.6 Å². The van der Waals surface area contributed by atoms with E-state index in [1.165, 1.54) is 17.3 Å². The zero-order chi connectivity index (χ0) is 13.5. The number of hydrogen-bond donors (Lipinski definition) is 2. The molecule has 1 atom stereocenters. The van der Waals surface area contributed by atoms with E-state index in [2.05, 4.69) is 15.3 Å². The molecule has 0 aromatic carbocycles. The van der Waals surface area contributed by atoms with Crippen molar-refractivity contribution in [3.05, 3.63) is 18.5 Å². The molecule has 0 spiro atoms. The fraction of sp³-hybridized carbons (Fsp3) is 0.455. The standard InChI is InChI=1S/C11H16N4O3/c1-3-15(8(2)7-9(16)17)11(18)14-10-12-5-4-6-13-10/h4-6,8H,3,7H2,1-2H3,(H,16,17)(H,12,13,14,18). The van der Waals surface area contributed by atoms with E-state index in [9.17, 15) is 9.59 Å². The normalized spacial score (nSPS) is 11.7. The van der Waals surface area contributed by atoms with Gasteiger partial charge in [-0.1, -0.05) is 0 Å². The van der Waals surface area contributed by atoms with E-state index >= 15 is 0 Å². The lowest BCUT2D eigenvalue weighted by atomic mass is 10.2. The number of nitrogens with one attached hydrogen (secondary N) is 1. The Hall–Kier alpha value is -2.18. The molecule has 1 unspecified atom stereocenters. The van der Waals surface area contributed by atoms with Crippen molar-refractivity contribution in [2.45, 2.75) is 26.3 Å². The third-order valence-electron chi connectivity index (χ3n) is 2.39. The molecule has 2 N–H and O–H groups in total. The number of hydrogen-bond acceptors (Lipinski definition) is 4. The lowest BCUT2D eigenvalue weighted by molar-refractivity contribution is -0.137. The van der Waals surface area contributed by atoms with Crippen LogP contribution in [0.5, 0.6) is 0 Å². The summed E-state index contributed by atoms with van der Waals surface area (Å²) < 4.78 is 0. The summed E-state index contributed by atoms with van der Waals surface area (Å²) in [5, 5.41) is 11.2. The SMILES string of the molecule is CCN(C(=O)Nc1ncccn1)C(C)CC(=O)O. The summed E-state index contributed by atoms with van der Waals surface area (Å²) in [6, 6.07) is 0.842. The van der Waals surface area contributed by atoms with E-state index in [1.54, 1.807) is 19.9 Å². The molecule has 0 saturated heterocycles. The number of carboxylic acids is 1. The van der Waals surface area contributed by atoms with Crippen molar-refractivity contribution in [2.24, 2.45) is 0 Å². The quantitative estimate of drug-likeness (QED) is 0.820. The molecule has 1 aromatic rings. The van der Waals surface area contributed by atoms with Crippen LogP contribution < -0.4 is 5.32 Å². The van der Waals surface area contributed by atoms with Gasteiger partial charge < -0.3 is 10.0 Å². The average molecular weight is 252 g/mol. The van der Waals surface area contributed by atoms with Crippen LogP contribution >= 0.6 is 0 Å². The summed E-state index contributed by atoms with van der Waals surface area (Å²) >= 11 is 0. The third-order valence-corrected chi connectivity index (χ3v) is 2.39. The van der Waals surface area contributed by atoms with E-state index in [4.69, 9.17) is 5.11 Å². The Morgan fingerprint density at radius 1 is 1.44 bits per heavy atom. The molecule has 98 valence electrons. The predicted octanol–water partition coefficient (Wildman–Crippen LogP) is 1.19. The number of urea groups is 1. The van der Waals surface area contributed by atoms with Gasteiger partial charge in [-0.05, 0) is 19.9 Å². The number of carbonyl (C=O) groups excluding carboxylic acids is 1. The fourth-order valence-corrected chi connectivity index (χ4v) is 1.55. The molecule has 1 rings (SSSR count). The first-order valence-electron chi connectivity index (χ1n) is 5.61. The first-order chi connectivity index (χ1) is 8.54. The second kappa shape index (κ2) is 6.53. The molecule has 2 amide bonds. The maximum absolute atomic E-state index is 11.9. The predicted molar refractivity (Wildman–Crippen MR) is 65.1 cm³/mol. The van der Waals surface area contributed by atoms with Crippen molar-refractivity contribution in [2.75, 3.05) is 11.9 Å². The van der Waals surface area contributed by atoms with Crippen molar-refractivity contribution in [3.63, 3.8) is 0 Å². The summed E-state index contributed by atoms with van der Waals surface area (Å²) in [6.07, 6.45) is 2.93. The largest absolute Gasteiger partial charge is 0.481 e. The number of rotatable bonds is 5. The molecule has 1 aromatic heterocycles. The molecule has 7 nitrogen and oxygen atoms in total. The van der Waals surface area contributed by atoms with Gasteiger partial charge in [0.15, 0.2) is 0 Å². The van der Waals surface area contributed by atoms with Gasteiger partial charge in [0.25, 0.3) is 0 Å². The molecule has 1 heterocycles. The van der Waals surface area contributed by atoms with Crippen molar-refractivity contribution in [3.8, 4) is 0 Å². The first kappa shape index (κ1) is 13.9. The minimum absolute atomic E-state index is 0.100. The van der Waals surface area contributed by atoms with Crippen molar-refractivity contribution >= 4 is 17.9 Å². The lowest BCUT2D eigenvalue weighted by Crippen LogP contribution is -2.42. The van der Waals surface area contributed by atoms with Gasteiger partial charge in [0.1, 0.15) is 0 Å². The maximum atomic E-state index is 11.9. The zero-order valence-corrected chi connectivity index (χ0v) is 10.3. The average Bonchev–Trinajstić information content (AvgIpc) is 2.30. The number of anilines is 1. The van der Waals surface area contributed by atoms with Crippen LogP contribution in [0.3, 0.4) is 0 Å². The molecular formula is C11H16N4O3. The zero-order valence-electron chi connectivity index (χ0n) is 10.3. The molecule has 0 saturated carbocycles. The highest BCUT2D eigenvalue weighted by molar-refractivity contribution is 5.87. The molecule has 18 heavy (non-hydrogen) atoms. The van der Waals surface area contributed by atoms with E-state index in [0.29, 0.717) is 6.54 Å². The van der Waals surface area contributed by atoms with Gasteiger partial charge in [-0.15, -0.1) is 0 Å². The number of nitrogens with zero attached hydrogens (tertiary/aromatic N) is 3. The molecule has 7 heteroatoms. The van der Waals surface area contributed by atoms with E-state index < -0.39 is 18.0 Å². The van der Waals surface area contributed by atoms with Crippen LogP contribution in [0, 0.1) is 0 Å². The van der Waals surface area contributed by atoms with Crippen molar-refractivity contribution in [1.29, 1.82) is 0 Å². The Balaban J connectivity index is 2.65. The van der Waals surface area contributed by atoms with Crippen LogP contribution in [0.25, 0.3) is 0 Å². The molecule has 0 bridgehead atoms. The topological polar surface area (TPSA) is 95.4 Å². The van der Waals surface area contributed by atoms with Gasteiger partial charge in [0.2, 0.25) is 5.95 Å². The first-order valence-corrected chi connectivity index (χ1v) is 5.61. The lowest BCUT2D eigenvalue weighted by Gasteiger charge is -2.26. The summed E-state index contributed by atoms with van der Waals surface area (Å²) in [6.45, 7) is 3.87. The van der Waals surface area contributed by atoms with Gasteiger partial charge in [0, 0.05) is 25.0 Å². The van der Waals surface area contributed by atoms with Crippen LogP contribution in [0.1, 0.15) is 20.3 Å². The fourth-order valence-electron chi connectivity index (χ4n) is 1.55. The summed E-state index contributed by atoms with van der Waals surface area (Å²) in [5.41, 5.74) is 0. The minimum Gasteiger partial charge on any atom is -0.481 e. The van der Waals surface area contributed by atoms with Crippen molar-refractivity contribution < 1.29 is 14.7 Å². The Bertz CT molecular complexity index is 410. The van der Waals surface area contributed by atoms with Gasteiger partial charge in [-0.25, -0.2) is 14.8 Å². The highest BCUT2D eigenvalue weighted by Crippen LogP contribution is 2.06. The molecule has 0 aliphatic rings. The van der Waals surface area contributed by atoms with Crippen LogP contribution in [0.15, 0.2) is 18.5 Å². The van der Waals surface area contributed by atoms with Crippen LogP contribution in [0.4, 0.5) is 10.7 Å². The molecular weight excluding hydrogens is 236 g/mol. The Morgan fingerprint density at radius 3 is 2.56 bits per heavy atom. The molecule has 0 aliphatic heterocycles. The number of amides is 2. The minimum atomic E-state index is -0.940. The van der Waals surface area contributed by atoms with Gasteiger partial charge in [0.05, 0.1) is 6.42 Å². The van der Waals surface area contributed by atoms with Crippen LogP contribution in [-0.2, 0) is 4.79 Å². The Kier molecular flexibility index (Phi) is 5.04. The number of aliphatic carboxylic acids is 1. The van der Waals surface area contributed by atoms with Gasteiger partial charge in [-0.3, -0.25) is 10.1 Å². The van der Waals surface area contributed by atoms with Crippen molar-refractivity contribution in [1.82, 2.24) is 14.9 Å². The monoisotopic (exact) mass is 252 g/mol. The molecule has 0 radical (unpaired) electrons. The highest BCUT2D eigenvalue weighted by atomic mass is 16.4. The van der Waals surface area contributed by atoms with E-state index in [1.807, 2.05) is 0 Å². The van der Waals surface area contributed by atoms with Crippen LogP contribution in [0.2, 0.25) is 0 Å². The highest BCUT2D eigenvalue weighted by Gasteiger charge is 2.21. The number of carbonyl (C=O) groups is 2. The second-order valence-corrected chi connectivity index (χ2v) is 3.74. The number of aromatic nitrogens is 2. The molecule has 0 aliphatic carbocycles. The van der Waals surface area contributed by atoms with E-state index in [-0.39, 0.29) is 12.4 Å². The Labute approximate surface area is 105 Å². The third kappa shape index (κ3) is 4.00. The summed E-state index contributed by atoms with van der Waals surface area (Å²) in [4.78, 5) is 31.7.